The van der Waals surface area contributed by atoms with Crippen molar-refractivity contribution in [3.8, 4) is 11.7 Å². The van der Waals surface area contributed by atoms with E-state index in [-0.39, 0.29) is 11.8 Å². The van der Waals surface area contributed by atoms with Gasteiger partial charge in [-0.2, -0.15) is 0 Å². The number of nitrogens with one attached hydrogen (secondary N) is 1. The van der Waals surface area contributed by atoms with Crippen LogP contribution in [-0.4, -0.2) is 32.5 Å². The van der Waals surface area contributed by atoms with Crippen molar-refractivity contribution in [1.82, 2.24) is 19.5 Å². The van der Waals surface area contributed by atoms with Crippen molar-refractivity contribution in [3.63, 3.8) is 0 Å². The number of aromatic nitrogens is 4. The molecule has 0 aliphatic heterocycles. The molecular formula is C16H15N5O2. The highest BCUT2D eigenvalue weighted by atomic mass is 16.5. The van der Waals surface area contributed by atoms with E-state index in [9.17, 15) is 4.79 Å². The Balaban J connectivity index is 1.78. The van der Waals surface area contributed by atoms with Crippen LogP contribution in [0.2, 0.25) is 0 Å². The third-order valence-corrected chi connectivity index (χ3v) is 3.29. The molecular weight excluding hydrogens is 294 g/mol. The van der Waals surface area contributed by atoms with Gasteiger partial charge >= 0.3 is 0 Å². The fraction of sp³-hybridized carbons (Fsp3) is 0.125. The number of ether oxygens (including phenoxy) is 1. The molecule has 0 saturated carbocycles. The van der Waals surface area contributed by atoms with E-state index in [4.69, 9.17) is 4.74 Å². The van der Waals surface area contributed by atoms with Crippen LogP contribution in [0.25, 0.3) is 5.82 Å². The number of aryl methyl sites for hydroxylation is 1. The van der Waals surface area contributed by atoms with E-state index in [0.717, 1.165) is 11.6 Å². The average Bonchev–Trinajstić information content (AvgIpc) is 3.01. The molecule has 0 aliphatic rings. The van der Waals surface area contributed by atoms with Gasteiger partial charge in [-0.3, -0.25) is 9.36 Å². The molecule has 0 unspecified atom stereocenters. The largest absolute Gasteiger partial charge is 0.480 e. The molecule has 0 aliphatic carbocycles. The van der Waals surface area contributed by atoms with Gasteiger partial charge in [-0.05, 0) is 31.2 Å². The van der Waals surface area contributed by atoms with Gasteiger partial charge in [-0.1, -0.05) is 0 Å². The molecule has 0 bridgehead atoms. The lowest BCUT2D eigenvalue weighted by Gasteiger charge is -2.09. The van der Waals surface area contributed by atoms with E-state index >= 15 is 0 Å². The van der Waals surface area contributed by atoms with Gasteiger partial charge in [0.1, 0.15) is 17.2 Å². The first-order chi connectivity index (χ1) is 11.2. The van der Waals surface area contributed by atoms with Gasteiger partial charge in [0.05, 0.1) is 19.0 Å². The van der Waals surface area contributed by atoms with Gasteiger partial charge < -0.3 is 10.1 Å². The lowest BCUT2D eigenvalue weighted by Crippen LogP contribution is -2.14. The number of methoxy groups -OCH3 is 1. The molecule has 3 heterocycles. The molecule has 7 nitrogen and oxygen atoms in total. The Labute approximate surface area is 133 Å². The molecule has 23 heavy (non-hydrogen) atoms. The van der Waals surface area contributed by atoms with Crippen molar-refractivity contribution in [2.24, 2.45) is 0 Å². The Morgan fingerprint density at radius 2 is 2.04 bits per heavy atom. The summed E-state index contributed by atoms with van der Waals surface area (Å²) in [6, 6.07) is 6.92. The second-order valence-electron chi connectivity index (χ2n) is 4.76. The molecule has 3 aromatic rings. The molecule has 0 atom stereocenters. The number of anilines is 1. The molecule has 0 radical (unpaired) electrons. The molecule has 1 amide bonds. The van der Waals surface area contributed by atoms with E-state index in [0.29, 0.717) is 11.3 Å². The van der Waals surface area contributed by atoms with Crippen LogP contribution in [-0.2, 0) is 0 Å². The van der Waals surface area contributed by atoms with Crippen LogP contribution in [0.3, 0.4) is 0 Å². The van der Waals surface area contributed by atoms with Gasteiger partial charge in [-0.15, -0.1) is 0 Å². The highest BCUT2D eigenvalue weighted by molar-refractivity contribution is 6.05. The number of amides is 1. The number of pyridine rings is 2. The molecule has 7 heteroatoms. The molecule has 116 valence electrons. The summed E-state index contributed by atoms with van der Waals surface area (Å²) in [6.07, 6.45) is 6.70. The Hall–Kier alpha value is -3.22. The van der Waals surface area contributed by atoms with E-state index in [1.165, 1.54) is 7.11 Å². The zero-order chi connectivity index (χ0) is 16.2. The number of nitrogens with zero attached hydrogens (tertiary/aromatic N) is 4. The molecule has 3 rings (SSSR count). The Kier molecular flexibility index (Phi) is 4.01. The third kappa shape index (κ3) is 3.03. The zero-order valence-corrected chi connectivity index (χ0v) is 12.7. The summed E-state index contributed by atoms with van der Waals surface area (Å²) < 4.78 is 6.94. The fourth-order valence-electron chi connectivity index (χ4n) is 2.15. The maximum Gasteiger partial charge on any atom is 0.261 e. The molecule has 0 spiro atoms. The number of hydrogen-bond acceptors (Lipinski definition) is 5. The molecule has 0 saturated heterocycles. The van der Waals surface area contributed by atoms with E-state index < -0.39 is 0 Å². The fourth-order valence-corrected chi connectivity index (χ4v) is 2.15. The summed E-state index contributed by atoms with van der Waals surface area (Å²) in [6.45, 7) is 1.89. The average molecular weight is 309 g/mol. The summed E-state index contributed by atoms with van der Waals surface area (Å²) in [5, 5.41) is 2.77. The number of rotatable bonds is 4. The first-order valence-corrected chi connectivity index (χ1v) is 6.96. The first-order valence-electron chi connectivity index (χ1n) is 6.96. The topological polar surface area (TPSA) is 81.9 Å². The minimum Gasteiger partial charge on any atom is -0.480 e. The normalized spacial score (nSPS) is 10.3. The minimum absolute atomic E-state index is 0.281. The Morgan fingerprint density at radius 1 is 1.17 bits per heavy atom. The molecule has 0 fully saturated rings. The van der Waals surface area contributed by atoms with Crippen LogP contribution >= 0.6 is 0 Å². The van der Waals surface area contributed by atoms with Crippen molar-refractivity contribution < 1.29 is 9.53 Å². The van der Waals surface area contributed by atoms with Crippen LogP contribution < -0.4 is 10.1 Å². The second kappa shape index (κ2) is 6.27. The van der Waals surface area contributed by atoms with Crippen LogP contribution in [0.4, 0.5) is 5.69 Å². The highest BCUT2D eigenvalue weighted by Gasteiger charge is 2.13. The monoisotopic (exact) mass is 309 g/mol. The van der Waals surface area contributed by atoms with Crippen LogP contribution in [0.1, 0.15) is 16.2 Å². The van der Waals surface area contributed by atoms with Crippen LogP contribution in [0, 0.1) is 6.92 Å². The zero-order valence-electron chi connectivity index (χ0n) is 12.7. The molecule has 1 N–H and O–H groups in total. The number of carbonyl (C=O) groups excluding carboxylic acids is 1. The van der Waals surface area contributed by atoms with Crippen molar-refractivity contribution in [3.05, 3.63) is 60.4 Å². The van der Waals surface area contributed by atoms with E-state index in [1.807, 2.05) is 23.8 Å². The van der Waals surface area contributed by atoms with Crippen LogP contribution in [0.15, 0.2) is 49.1 Å². The molecule has 0 aromatic carbocycles. The van der Waals surface area contributed by atoms with Crippen molar-refractivity contribution in [1.29, 1.82) is 0 Å². The third-order valence-electron chi connectivity index (χ3n) is 3.29. The SMILES string of the molecule is COc1ncccc1C(=O)Nc1ccc(-n2ccnc2C)nc1. The quantitative estimate of drug-likeness (QED) is 0.799. The van der Waals surface area contributed by atoms with Crippen molar-refractivity contribution in [2.75, 3.05) is 12.4 Å². The number of imidazole rings is 1. The Morgan fingerprint density at radius 3 is 2.70 bits per heavy atom. The van der Waals surface area contributed by atoms with Gasteiger partial charge in [0.25, 0.3) is 5.91 Å². The summed E-state index contributed by atoms with van der Waals surface area (Å²) in [5.41, 5.74) is 0.951. The van der Waals surface area contributed by atoms with E-state index in [2.05, 4.69) is 20.3 Å². The summed E-state index contributed by atoms with van der Waals surface area (Å²) in [7, 11) is 1.48. The first kappa shape index (κ1) is 14.7. The summed E-state index contributed by atoms with van der Waals surface area (Å²) >= 11 is 0. The smallest absolute Gasteiger partial charge is 0.261 e. The predicted molar refractivity (Wildman–Crippen MR) is 84.8 cm³/mol. The lowest BCUT2D eigenvalue weighted by molar-refractivity contribution is 0.102. The molecule has 3 aromatic heterocycles. The Bertz CT molecular complexity index is 826. The number of hydrogen-bond donors (Lipinski definition) is 1. The van der Waals surface area contributed by atoms with E-state index in [1.54, 1.807) is 36.8 Å². The lowest BCUT2D eigenvalue weighted by atomic mass is 10.2. The predicted octanol–water partition coefficient (Wildman–Crippen LogP) is 2.23. The van der Waals surface area contributed by atoms with Crippen LogP contribution in [0.5, 0.6) is 5.88 Å². The van der Waals surface area contributed by atoms with Crippen molar-refractivity contribution in [2.45, 2.75) is 6.92 Å². The maximum absolute atomic E-state index is 12.3. The van der Waals surface area contributed by atoms with Gasteiger partial charge in [0, 0.05) is 18.6 Å². The summed E-state index contributed by atoms with van der Waals surface area (Å²) in [4.78, 5) is 24.8. The number of carbonyl (C=O) groups is 1. The highest BCUT2D eigenvalue weighted by Crippen LogP contribution is 2.17. The summed E-state index contributed by atoms with van der Waals surface area (Å²) in [5.74, 6) is 1.55. The standard InChI is InChI=1S/C16H15N5O2/c1-11-17-8-9-21(11)14-6-5-12(10-19-14)20-15(22)13-4-3-7-18-16(13)23-2/h3-10H,1-2H3,(H,20,22). The second-order valence-corrected chi connectivity index (χ2v) is 4.76. The maximum atomic E-state index is 12.3. The van der Waals surface area contributed by atoms with Crippen molar-refractivity contribution >= 4 is 11.6 Å². The van der Waals surface area contributed by atoms with Gasteiger partial charge in [0.2, 0.25) is 5.88 Å². The van der Waals surface area contributed by atoms with Gasteiger partial charge in [-0.25, -0.2) is 15.0 Å². The van der Waals surface area contributed by atoms with Gasteiger partial charge in [0.15, 0.2) is 0 Å². The minimum atomic E-state index is -0.302.